The lowest BCUT2D eigenvalue weighted by atomic mass is 10.1. The van der Waals surface area contributed by atoms with E-state index in [0.717, 1.165) is 11.3 Å². The Morgan fingerprint density at radius 2 is 1.56 bits per heavy atom. The van der Waals surface area contributed by atoms with Gasteiger partial charge in [-0.3, -0.25) is 9.89 Å². The zero-order valence-electron chi connectivity index (χ0n) is 18.6. The number of carbonyl (C=O) groups is 1. The number of hydrogen-bond acceptors (Lipinski definition) is 10. The van der Waals surface area contributed by atoms with Crippen molar-refractivity contribution in [1.82, 2.24) is 25.1 Å². The van der Waals surface area contributed by atoms with Crippen LogP contribution in [-0.2, 0) is 0 Å². The van der Waals surface area contributed by atoms with Crippen molar-refractivity contribution in [3.8, 4) is 28.5 Å². The molecule has 2 aromatic carbocycles. The van der Waals surface area contributed by atoms with Crippen molar-refractivity contribution in [2.24, 2.45) is 5.73 Å². The molecule has 0 bridgehead atoms. The molecule has 0 aliphatic carbocycles. The average Bonchev–Trinajstić information content (AvgIpc) is 3.32. The van der Waals surface area contributed by atoms with Crippen LogP contribution in [0.3, 0.4) is 0 Å². The summed E-state index contributed by atoms with van der Waals surface area (Å²) < 4.78 is 16.1. The molecule has 0 fully saturated rings. The zero-order chi connectivity index (χ0) is 24.1. The van der Waals surface area contributed by atoms with Crippen LogP contribution in [0.25, 0.3) is 11.3 Å². The lowest BCUT2D eigenvalue weighted by molar-refractivity contribution is 0.100. The zero-order valence-corrected chi connectivity index (χ0v) is 18.6. The molecule has 0 saturated carbocycles. The molecular weight excluding hydrogens is 440 g/mol. The number of anilines is 4. The van der Waals surface area contributed by atoms with Crippen LogP contribution in [0.1, 0.15) is 10.4 Å². The summed E-state index contributed by atoms with van der Waals surface area (Å²) >= 11 is 0. The number of hydrogen-bond donors (Lipinski definition) is 4. The maximum absolute atomic E-state index is 11.2. The van der Waals surface area contributed by atoms with E-state index in [1.165, 1.54) is 27.7 Å². The second kappa shape index (κ2) is 9.73. The Kier molecular flexibility index (Phi) is 6.39. The summed E-state index contributed by atoms with van der Waals surface area (Å²) in [5.41, 5.74) is 7.92. The minimum absolute atomic E-state index is 0.284. The van der Waals surface area contributed by atoms with Gasteiger partial charge in [-0.2, -0.15) is 10.1 Å². The molecule has 4 rings (SSSR count). The first kappa shape index (κ1) is 22.3. The highest BCUT2D eigenvalue weighted by atomic mass is 16.5. The second-order valence-corrected chi connectivity index (χ2v) is 6.91. The van der Waals surface area contributed by atoms with Crippen molar-refractivity contribution in [3.05, 3.63) is 54.4 Å². The van der Waals surface area contributed by atoms with Gasteiger partial charge >= 0.3 is 0 Å². The predicted molar refractivity (Wildman–Crippen MR) is 125 cm³/mol. The van der Waals surface area contributed by atoms with E-state index in [-0.39, 0.29) is 5.95 Å². The van der Waals surface area contributed by atoms with Crippen molar-refractivity contribution in [2.75, 3.05) is 32.0 Å². The van der Waals surface area contributed by atoms with Gasteiger partial charge < -0.3 is 30.6 Å². The first-order valence-electron chi connectivity index (χ1n) is 9.99. The third-order valence-corrected chi connectivity index (χ3v) is 4.79. The third kappa shape index (κ3) is 4.80. The van der Waals surface area contributed by atoms with Crippen molar-refractivity contribution in [2.45, 2.75) is 0 Å². The number of primary amides is 1. The van der Waals surface area contributed by atoms with Gasteiger partial charge in [0.1, 0.15) is 6.33 Å². The molecule has 12 heteroatoms. The molecule has 2 aromatic heterocycles. The maximum atomic E-state index is 11.2. The summed E-state index contributed by atoms with van der Waals surface area (Å²) in [5.74, 6) is 2.06. The quantitative estimate of drug-likeness (QED) is 0.291. The number of nitrogens with two attached hydrogens (primary N) is 1. The molecule has 0 radical (unpaired) electrons. The second-order valence-electron chi connectivity index (χ2n) is 6.91. The largest absolute Gasteiger partial charge is 0.493 e. The number of aromatic amines is 1. The van der Waals surface area contributed by atoms with Gasteiger partial charge in [0.15, 0.2) is 17.3 Å². The van der Waals surface area contributed by atoms with E-state index in [1.807, 2.05) is 0 Å². The summed E-state index contributed by atoms with van der Waals surface area (Å²) in [4.78, 5) is 23.9. The monoisotopic (exact) mass is 462 g/mol. The highest BCUT2D eigenvalue weighted by molar-refractivity contribution is 5.93. The van der Waals surface area contributed by atoms with Crippen LogP contribution in [0, 0.1) is 0 Å². The minimum Gasteiger partial charge on any atom is -0.493 e. The maximum Gasteiger partial charge on any atom is 0.248 e. The van der Waals surface area contributed by atoms with Crippen LogP contribution < -0.4 is 30.6 Å². The van der Waals surface area contributed by atoms with Crippen molar-refractivity contribution < 1.29 is 19.0 Å². The fourth-order valence-corrected chi connectivity index (χ4v) is 3.16. The summed E-state index contributed by atoms with van der Waals surface area (Å²) in [6.45, 7) is 0. The van der Waals surface area contributed by atoms with E-state index in [2.05, 4.69) is 35.8 Å². The van der Waals surface area contributed by atoms with Gasteiger partial charge in [-0.15, -0.1) is 0 Å². The Hall–Kier alpha value is -4.87. The Labute approximate surface area is 194 Å². The molecule has 4 aromatic rings. The number of methoxy groups -OCH3 is 3. The summed E-state index contributed by atoms with van der Waals surface area (Å²) in [6.07, 6.45) is 1.37. The molecule has 0 aliphatic rings. The van der Waals surface area contributed by atoms with Crippen LogP contribution in [0.5, 0.6) is 17.2 Å². The van der Waals surface area contributed by atoms with E-state index in [9.17, 15) is 4.79 Å². The molecule has 0 spiro atoms. The van der Waals surface area contributed by atoms with Gasteiger partial charge in [-0.25, -0.2) is 9.97 Å². The lowest BCUT2D eigenvalue weighted by Crippen LogP contribution is -2.10. The van der Waals surface area contributed by atoms with Gasteiger partial charge in [0, 0.05) is 29.4 Å². The van der Waals surface area contributed by atoms with Gasteiger partial charge in [-0.05, 0) is 17.7 Å². The molecular formula is C22H22N8O4. The Morgan fingerprint density at radius 3 is 2.15 bits per heavy atom. The van der Waals surface area contributed by atoms with E-state index in [4.69, 9.17) is 19.9 Å². The number of benzene rings is 2. The van der Waals surface area contributed by atoms with E-state index in [0.29, 0.717) is 40.3 Å². The highest BCUT2D eigenvalue weighted by Crippen LogP contribution is 2.40. The van der Waals surface area contributed by atoms with E-state index in [1.54, 1.807) is 42.5 Å². The molecule has 174 valence electrons. The Bertz CT molecular complexity index is 1280. The average molecular weight is 462 g/mol. The van der Waals surface area contributed by atoms with Crippen molar-refractivity contribution in [3.63, 3.8) is 0 Å². The van der Waals surface area contributed by atoms with Gasteiger partial charge in [-0.1, -0.05) is 12.1 Å². The lowest BCUT2D eigenvalue weighted by Gasteiger charge is -2.14. The van der Waals surface area contributed by atoms with Gasteiger partial charge in [0.25, 0.3) is 0 Å². The summed E-state index contributed by atoms with van der Waals surface area (Å²) in [7, 11) is 4.61. The topological polar surface area (TPSA) is 162 Å². The first-order valence-corrected chi connectivity index (χ1v) is 9.99. The van der Waals surface area contributed by atoms with Gasteiger partial charge in [0.05, 0.1) is 27.0 Å². The van der Waals surface area contributed by atoms with Gasteiger partial charge in [0.2, 0.25) is 23.6 Å². The number of amides is 1. The van der Waals surface area contributed by atoms with E-state index < -0.39 is 5.91 Å². The van der Waals surface area contributed by atoms with Crippen LogP contribution in [0.15, 0.2) is 48.8 Å². The molecule has 0 aliphatic heterocycles. The number of nitrogens with zero attached hydrogens (tertiary/aromatic N) is 4. The summed E-state index contributed by atoms with van der Waals surface area (Å²) in [6, 6.07) is 12.1. The van der Waals surface area contributed by atoms with E-state index >= 15 is 0 Å². The number of aromatic nitrogens is 5. The molecule has 12 nitrogen and oxygen atoms in total. The highest BCUT2D eigenvalue weighted by Gasteiger charge is 2.14. The number of carbonyl (C=O) groups excluding carboxylic acids is 1. The molecule has 1 amide bonds. The van der Waals surface area contributed by atoms with Crippen molar-refractivity contribution in [1.29, 1.82) is 0 Å². The van der Waals surface area contributed by atoms with Crippen LogP contribution in [0.2, 0.25) is 0 Å². The molecule has 0 atom stereocenters. The SMILES string of the molecule is COc1cc(Nc2ncnc(Nc3cc(-c4ccc(C(N)=O)cc4)[nH]n3)n2)cc(OC)c1OC. The first-order chi connectivity index (χ1) is 16.5. The molecule has 0 saturated heterocycles. The Balaban J connectivity index is 1.50. The summed E-state index contributed by atoms with van der Waals surface area (Å²) in [5, 5.41) is 13.3. The normalized spacial score (nSPS) is 10.4. The molecule has 0 unspecified atom stereocenters. The smallest absolute Gasteiger partial charge is 0.248 e. The fraction of sp³-hybridized carbons (Fsp3) is 0.136. The standard InChI is InChI=1S/C22H22N8O4/c1-32-16-8-14(9-17(33-2)19(16)34-3)26-21-24-11-25-22(28-21)27-18-10-15(29-30-18)12-4-6-13(7-5-12)20(23)31/h4-11H,1-3H3,(H2,23,31)(H3,24,25,26,27,28,29,30). The van der Waals surface area contributed by atoms with Crippen LogP contribution >= 0.6 is 0 Å². The number of nitrogens with one attached hydrogen (secondary N) is 3. The Morgan fingerprint density at radius 1 is 0.912 bits per heavy atom. The third-order valence-electron chi connectivity index (χ3n) is 4.79. The minimum atomic E-state index is -0.482. The number of H-pyrrole nitrogens is 1. The number of rotatable bonds is 9. The van der Waals surface area contributed by atoms with Crippen LogP contribution in [0.4, 0.5) is 23.4 Å². The van der Waals surface area contributed by atoms with Crippen LogP contribution in [-0.4, -0.2) is 52.4 Å². The number of ether oxygens (including phenoxy) is 3. The fourth-order valence-electron chi connectivity index (χ4n) is 3.16. The molecule has 34 heavy (non-hydrogen) atoms. The predicted octanol–water partition coefficient (Wildman–Crippen LogP) is 2.87. The van der Waals surface area contributed by atoms with Crippen molar-refractivity contribution >= 4 is 29.3 Å². The molecule has 2 heterocycles. The molecule has 5 N–H and O–H groups in total.